The monoisotopic (exact) mass is 135 g/mol. The SMILES string of the molecule is Cc1cn2c(n1)C=CNC2. The second kappa shape index (κ2) is 1.87. The Balaban J connectivity index is 2.53. The van der Waals surface area contributed by atoms with E-state index in [4.69, 9.17) is 0 Å². The summed E-state index contributed by atoms with van der Waals surface area (Å²) in [5.74, 6) is 1.04. The Morgan fingerprint density at radius 2 is 2.60 bits per heavy atom. The van der Waals surface area contributed by atoms with Gasteiger partial charge >= 0.3 is 0 Å². The fraction of sp³-hybridized carbons (Fsp3) is 0.286. The number of hydrogen-bond donors (Lipinski definition) is 1. The van der Waals surface area contributed by atoms with Crippen molar-refractivity contribution >= 4 is 6.08 Å². The van der Waals surface area contributed by atoms with E-state index in [9.17, 15) is 0 Å². The standard InChI is InChI=1S/C7H9N3/c1-6-4-10-5-8-3-2-7(10)9-6/h2-4,8H,5H2,1H3. The van der Waals surface area contributed by atoms with Gasteiger partial charge in [0.25, 0.3) is 0 Å². The van der Waals surface area contributed by atoms with Gasteiger partial charge in [0, 0.05) is 12.4 Å². The molecule has 0 bridgehead atoms. The number of aromatic nitrogens is 2. The third-order valence-corrected chi connectivity index (χ3v) is 1.54. The number of imidazole rings is 1. The number of nitrogens with one attached hydrogen (secondary N) is 1. The lowest BCUT2D eigenvalue weighted by molar-refractivity contribution is 0.624. The van der Waals surface area contributed by atoms with E-state index >= 15 is 0 Å². The van der Waals surface area contributed by atoms with Crippen molar-refractivity contribution in [1.82, 2.24) is 14.9 Å². The van der Waals surface area contributed by atoms with Crippen molar-refractivity contribution in [2.75, 3.05) is 0 Å². The predicted molar refractivity (Wildman–Crippen MR) is 39.1 cm³/mol. The Morgan fingerprint density at radius 3 is 3.40 bits per heavy atom. The summed E-state index contributed by atoms with van der Waals surface area (Å²) in [5, 5.41) is 3.10. The molecular formula is C7H9N3. The number of hydrogen-bond acceptors (Lipinski definition) is 2. The molecule has 1 aliphatic rings. The summed E-state index contributed by atoms with van der Waals surface area (Å²) in [4.78, 5) is 4.29. The van der Waals surface area contributed by atoms with Gasteiger partial charge in [-0.3, -0.25) is 0 Å². The van der Waals surface area contributed by atoms with Crippen molar-refractivity contribution in [1.29, 1.82) is 0 Å². The molecule has 2 rings (SSSR count). The largest absolute Gasteiger partial charge is 0.373 e. The van der Waals surface area contributed by atoms with Crippen molar-refractivity contribution in [2.45, 2.75) is 13.6 Å². The smallest absolute Gasteiger partial charge is 0.135 e. The molecule has 1 aliphatic heterocycles. The zero-order valence-electron chi connectivity index (χ0n) is 5.83. The topological polar surface area (TPSA) is 29.9 Å². The van der Waals surface area contributed by atoms with Crippen molar-refractivity contribution in [3.63, 3.8) is 0 Å². The van der Waals surface area contributed by atoms with Gasteiger partial charge in [0.2, 0.25) is 0 Å². The number of nitrogens with zero attached hydrogens (tertiary/aromatic N) is 2. The minimum absolute atomic E-state index is 0.840. The maximum Gasteiger partial charge on any atom is 0.135 e. The van der Waals surface area contributed by atoms with Crippen molar-refractivity contribution in [2.24, 2.45) is 0 Å². The van der Waals surface area contributed by atoms with Crippen LogP contribution in [0.1, 0.15) is 11.5 Å². The Morgan fingerprint density at radius 1 is 1.70 bits per heavy atom. The van der Waals surface area contributed by atoms with E-state index in [1.165, 1.54) is 0 Å². The van der Waals surface area contributed by atoms with E-state index < -0.39 is 0 Å². The van der Waals surface area contributed by atoms with Crippen LogP contribution in [0, 0.1) is 6.92 Å². The first kappa shape index (κ1) is 5.53. The molecule has 0 saturated heterocycles. The highest BCUT2D eigenvalue weighted by Gasteiger charge is 2.03. The van der Waals surface area contributed by atoms with Crippen LogP contribution >= 0.6 is 0 Å². The van der Waals surface area contributed by atoms with Gasteiger partial charge < -0.3 is 9.88 Å². The Labute approximate surface area is 59.4 Å². The molecule has 52 valence electrons. The molecule has 1 aromatic rings. The van der Waals surface area contributed by atoms with Crippen molar-refractivity contribution in [3.8, 4) is 0 Å². The number of rotatable bonds is 0. The first-order chi connectivity index (χ1) is 4.86. The normalized spacial score (nSPS) is 14.5. The molecule has 0 radical (unpaired) electrons. The van der Waals surface area contributed by atoms with Crippen molar-refractivity contribution < 1.29 is 0 Å². The van der Waals surface area contributed by atoms with E-state index in [0.717, 1.165) is 18.2 Å². The molecule has 0 amide bonds. The van der Waals surface area contributed by atoms with Gasteiger partial charge in [-0.1, -0.05) is 0 Å². The molecule has 0 spiro atoms. The summed E-state index contributed by atoms with van der Waals surface area (Å²) in [7, 11) is 0. The van der Waals surface area contributed by atoms with Gasteiger partial charge in [-0.15, -0.1) is 0 Å². The molecule has 0 unspecified atom stereocenters. The quantitative estimate of drug-likeness (QED) is 0.568. The molecular weight excluding hydrogens is 126 g/mol. The molecule has 0 atom stereocenters. The van der Waals surface area contributed by atoms with Crippen LogP contribution in [-0.2, 0) is 6.67 Å². The van der Waals surface area contributed by atoms with Crippen LogP contribution in [0.2, 0.25) is 0 Å². The van der Waals surface area contributed by atoms with Crippen LogP contribution in [0.5, 0.6) is 0 Å². The molecule has 2 heterocycles. The van der Waals surface area contributed by atoms with Gasteiger partial charge in [-0.25, -0.2) is 4.98 Å². The Bertz CT molecular complexity index is 272. The molecule has 1 aromatic heterocycles. The molecule has 0 fully saturated rings. The maximum atomic E-state index is 4.29. The fourth-order valence-electron chi connectivity index (χ4n) is 1.11. The van der Waals surface area contributed by atoms with E-state index in [1.807, 2.05) is 25.4 Å². The summed E-state index contributed by atoms with van der Waals surface area (Å²) in [6, 6.07) is 0. The van der Waals surface area contributed by atoms with Crippen LogP contribution in [0.3, 0.4) is 0 Å². The minimum Gasteiger partial charge on any atom is -0.373 e. The molecule has 0 aromatic carbocycles. The Hall–Kier alpha value is -1.25. The predicted octanol–water partition coefficient (Wildman–Crippen LogP) is 0.723. The zero-order chi connectivity index (χ0) is 6.97. The third-order valence-electron chi connectivity index (χ3n) is 1.54. The molecule has 10 heavy (non-hydrogen) atoms. The summed E-state index contributed by atoms with van der Waals surface area (Å²) >= 11 is 0. The average Bonchev–Trinajstić information content (AvgIpc) is 2.27. The van der Waals surface area contributed by atoms with E-state index in [-0.39, 0.29) is 0 Å². The summed E-state index contributed by atoms with van der Waals surface area (Å²) < 4.78 is 2.08. The highest BCUT2D eigenvalue weighted by atomic mass is 15.2. The van der Waals surface area contributed by atoms with E-state index in [1.54, 1.807) is 0 Å². The minimum atomic E-state index is 0.840. The number of fused-ring (bicyclic) bond motifs is 1. The molecule has 0 saturated carbocycles. The van der Waals surface area contributed by atoms with E-state index in [0.29, 0.717) is 0 Å². The van der Waals surface area contributed by atoms with Gasteiger partial charge in [0.1, 0.15) is 5.82 Å². The van der Waals surface area contributed by atoms with Crippen LogP contribution in [0.15, 0.2) is 12.4 Å². The summed E-state index contributed by atoms with van der Waals surface area (Å²) in [6.07, 6.45) is 5.92. The van der Waals surface area contributed by atoms with Gasteiger partial charge in [-0.2, -0.15) is 0 Å². The molecule has 0 aliphatic carbocycles. The van der Waals surface area contributed by atoms with Gasteiger partial charge in [0.05, 0.1) is 12.4 Å². The van der Waals surface area contributed by atoms with Crippen molar-refractivity contribution in [3.05, 3.63) is 23.9 Å². The van der Waals surface area contributed by atoms with Crippen LogP contribution in [0.4, 0.5) is 0 Å². The van der Waals surface area contributed by atoms with Gasteiger partial charge in [0.15, 0.2) is 0 Å². The maximum absolute atomic E-state index is 4.29. The average molecular weight is 135 g/mol. The lowest BCUT2D eigenvalue weighted by Gasteiger charge is -2.08. The third kappa shape index (κ3) is 0.708. The Kier molecular flexibility index (Phi) is 1.03. The lowest BCUT2D eigenvalue weighted by atomic mass is 10.5. The fourth-order valence-corrected chi connectivity index (χ4v) is 1.11. The first-order valence-electron chi connectivity index (χ1n) is 3.30. The van der Waals surface area contributed by atoms with Gasteiger partial charge in [-0.05, 0) is 13.0 Å². The molecule has 3 nitrogen and oxygen atoms in total. The number of aryl methyl sites for hydroxylation is 1. The summed E-state index contributed by atoms with van der Waals surface area (Å²) in [6.45, 7) is 2.84. The highest BCUT2D eigenvalue weighted by molar-refractivity contribution is 5.41. The van der Waals surface area contributed by atoms with E-state index in [2.05, 4.69) is 14.9 Å². The zero-order valence-corrected chi connectivity index (χ0v) is 5.83. The highest BCUT2D eigenvalue weighted by Crippen LogP contribution is 2.05. The first-order valence-corrected chi connectivity index (χ1v) is 3.30. The summed E-state index contributed by atoms with van der Waals surface area (Å²) in [5.41, 5.74) is 1.07. The van der Waals surface area contributed by atoms with Crippen LogP contribution in [-0.4, -0.2) is 9.55 Å². The van der Waals surface area contributed by atoms with Crippen LogP contribution in [0.25, 0.3) is 6.08 Å². The molecule has 1 N–H and O–H groups in total. The second-order valence-electron chi connectivity index (χ2n) is 2.41. The molecule has 3 heteroatoms. The lowest BCUT2D eigenvalue weighted by Crippen LogP contribution is -2.16. The van der Waals surface area contributed by atoms with Crippen LogP contribution < -0.4 is 5.32 Å². The second-order valence-corrected chi connectivity index (χ2v) is 2.41.